The summed E-state index contributed by atoms with van der Waals surface area (Å²) in [6.07, 6.45) is 4.07. The summed E-state index contributed by atoms with van der Waals surface area (Å²) in [6.45, 7) is 14.9. The topological polar surface area (TPSA) is 105 Å². The lowest BCUT2D eigenvalue weighted by Crippen LogP contribution is -2.25. The van der Waals surface area contributed by atoms with Gasteiger partial charge in [-0.1, -0.05) is 53.4 Å². The zero-order valence-electron chi connectivity index (χ0n) is 24.4. The highest BCUT2D eigenvalue weighted by Crippen LogP contribution is 2.25. The van der Waals surface area contributed by atoms with Crippen molar-refractivity contribution in [1.82, 2.24) is 0 Å². The second-order valence-corrected chi connectivity index (χ2v) is 9.96. The van der Waals surface area contributed by atoms with Crippen LogP contribution < -0.4 is 0 Å². The van der Waals surface area contributed by atoms with Crippen molar-refractivity contribution in [2.75, 3.05) is 0 Å². The van der Waals surface area contributed by atoms with Gasteiger partial charge in [0.25, 0.3) is 0 Å². The van der Waals surface area contributed by atoms with Crippen LogP contribution in [0, 0.1) is 0 Å². The molecule has 8 heteroatoms. The molecule has 1 aromatic carbocycles. The Kier molecular flexibility index (Phi) is 14.7. The fourth-order valence-electron chi connectivity index (χ4n) is 4.12. The summed E-state index contributed by atoms with van der Waals surface area (Å²) in [4.78, 5) is 52.8. The highest BCUT2D eigenvalue weighted by molar-refractivity contribution is 6.10. The molecule has 0 saturated carbocycles. The highest BCUT2D eigenvalue weighted by Gasteiger charge is 2.31. The highest BCUT2D eigenvalue weighted by atomic mass is 16.6. The molecule has 0 aliphatic carbocycles. The Bertz CT molecular complexity index is 792. The molecule has 1 rings (SSSR count). The van der Waals surface area contributed by atoms with Crippen LogP contribution in [0.4, 0.5) is 0 Å². The molecular weight excluding hydrogens is 488 g/mol. The maximum absolute atomic E-state index is 13.2. The van der Waals surface area contributed by atoms with Gasteiger partial charge in [-0.2, -0.15) is 0 Å². The number of carbonyl (C=O) groups excluding carboxylic acids is 4. The van der Waals surface area contributed by atoms with Crippen LogP contribution in [0.15, 0.2) is 12.1 Å². The van der Waals surface area contributed by atoms with Crippen molar-refractivity contribution in [3.05, 3.63) is 34.4 Å². The van der Waals surface area contributed by atoms with Crippen LogP contribution in [-0.4, -0.2) is 48.3 Å². The molecule has 38 heavy (non-hydrogen) atoms. The summed E-state index contributed by atoms with van der Waals surface area (Å²) in [5.41, 5.74) is -0.630. The van der Waals surface area contributed by atoms with Crippen molar-refractivity contribution < 1.29 is 38.1 Å². The van der Waals surface area contributed by atoms with Crippen LogP contribution in [0.5, 0.6) is 0 Å². The van der Waals surface area contributed by atoms with E-state index in [4.69, 9.17) is 18.9 Å². The molecule has 8 nitrogen and oxygen atoms in total. The monoisotopic (exact) mass is 534 g/mol. The first kappa shape index (κ1) is 33.1. The van der Waals surface area contributed by atoms with Gasteiger partial charge >= 0.3 is 23.9 Å². The minimum Gasteiger partial charge on any atom is -0.459 e. The van der Waals surface area contributed by atoms with E-state index in [0.29, 0.717) is 25.7 Å². The van der Waals surface area contributed by atoms with Gasteiger partial charge in [-0.15, -0.1) is 0 Å². The van der Waals surface area contributed by atoms with E-state index in [9.17, 15) is 19.2 Å². The van der Waals surface area contributed by atoms with E-state index in [1.807, 2.05) is 27.7 Å². The molecule has 0 amide bonds. The first-order valence-corrected chi connectivity index (χ1v) is 14.0. The van der Waals surface area contributed by atoms with Gasteiger partial charge in [-0.25, -0.2) is 19.2 Å². The van der Waals surface area contributed by atoms with Crippen molar-refractivity contribution in [3.8, 4) is 0 Å². The van der Waals surface area contributed by atoms with Crippen molar-refractivity contribution in [1.29, 1.82) is 0 Å². The van der Waals surface area contributed by atoms with Gasteiger partial charge in [0.05, 0.1) is 46.7 Å². The Morgan fingerprint density at radius 3 is 0.816 bits per heavy atom. The molecule has 0 radical (unpaired) electrons. The van der Waals surface area contributed by atoms with E-state index < -0.39 is 48.3 Å². The van der Waals surface area contributed by atoms with Crippen molar-refractivity contribution >= 4 is 23.9 Å². The Morgan fingerprint density at radius 2 is 0.658 bits per heavy atom. The van der Waals surface area contributed by atoms with E-state index >= 15 is 0 Å². The predicted octanol–water partition coefficient (Wildman–Crippen LogP) is 7.07. The molecule has 0 saturated heterocycles. The molecule has 0 aliphatic rings. The Balaban J connectivity index is 3.69. The second-order valence-electron chi connectivity index (χ2n) is 9.96. The van der Waals surface area contributed by atoms with E-state index in [1.165, 1.54) is 12.1 Å². The summed E-state index contributed by atoms with van der Waals surface area (Å²) in [5.74, 6) is -3.13. The van der Waals surface area contributed by atoms with Crippen molar-refractivity contribution in [2.24, 2.45) is 0 Å². The molecule has 0 aromatic heterocycles. The fraction of sp³-hybridized carbons (Fsp3) is 0.667. The third kappa shape index (κ3) is 10.5. The Labute approximate surface area is 227 Å². The molecule has 1 aromatic rings. The molecule has 0 bridgehead atoms. The van der Waals surface area contributed by atoms with Gasteiger partial charge in [0.1, 0.15) is 0 Å². The van der Waals surface area contributed by atoms with E-state index in [0.717, 1.165) is 25.7 Å². The van der Waals surface area contributed by atoms with Crippen LogP contribution >= 0.6 is 0 Å². The fourth-order valence-corrected chi connectivity index (χ4v) is 4.12. The van der Waals surface area contributed by atoms with Gasteiger partial charge in [0.15, 0.2) is 0 Å². The third-order valence-electron chi connectivity index (χ3n) is 6.05. The van der Waals surface area contributed by atoms with Crippen LogP contribution in [0.1, 0.15) is 148 Å². The summed E-state index contributed by atoms with van der Waals surface area (Å²) >= 11 is 0. The van der Waals surface area contributed by atoms with Crippen LogP contribution in [0.2, 0.25) is 0 Å². The maximum Gasteiger partial charge on any atom is 0.339 e. The third-order valence-corrected chi connectivity index (χ3v) is 6.05. The molecule has 4 atom stereocenters. The summed E-state index contributed by atoms with van der Waals surface area (Å²) in [5, 5.41) is 0. The molecule has 0 heterocycles. The smallest absolute Gasteiger partial charge is 0.339 e. The average molecular weight is 535 g/mol. The minimum absolute atomic E-state index is 0.157. The number of hydrogen-bond donors (Lipinski definition) is 0. The van der Waals surface area contributed by atoms with Gasteiger partial charge in [-0.05, 0) is 65.5 Å². The summed E-state index contributed by atoms with van der Waals surface area (Å²) in [7, 11) is 0. The molecule has 0 N–H and O–H groups in total. The molecule has 0 aliphatic heterocycles. The second kappa shape index (κ2) is 16.8. The number of rotatable bonds is 16. The van der Waals surface area contributed by atoms with Gasteiger partial charge in [0.2, 0.25) is 0 Å². The maximum atomic E-state index is 13.2. The molecule has 0 fully saturated rings. The summed E-state index contributed by atoms with van der Waals surface area (Å²) in [6, 6.07) is 2.40. The van der Waals surface area contributed by atoms with E-state index in [2.05, 4.69) is 0 Å². The zero-order chi connectivity index (χ0) is 28.8. The lowest BCUT2D eigenvalue weighted by molar-refractivity contribution is 0.0257. The first-order valence-electron chi connectivity index (χ1n) is 14.0. The largest absolute Gasteiger partial charge is 0.459 e. The standard InChI is InChI=1S/C30H46O8/c1-9-13-19(5)35-27(31)23-17-25(29(33)37-21(7)15-11-3)26(30(34)38-22(8)16-12-4)18-24(23)28(32)36-20(6)14-10-2/h17-22H,9-16H2,1-8H3. The number of benzene rings is 1. The van der Waals surface area contributed by atoms with Crippen LogP contribution in [-0.2, 0) is 18.9 Å². The van der Waals surface area contributed by atoms with Crippen LogP contribution in [0.3, 0.4) is 0 Å². The lowest BCUT2D eigenvalue weighted by atomic mass is 9.97. The van der Waals surface area contributed by atoms with Crippen LogP contribution in [0.25, 0.3) is 0 Å². The van der Waals surface area contributed by atoms with Crippen molar-refractivity contribution in [3.63, 3.8) is 0 Å². The normalized spacial score (nSPS) is 14.1. The van der Waals surface area contributed by atoms with E-state index in [1.54, 1.807) is 27.7 Å². The Hall–Kier alpha value is -2.90. The molecular formula is C30H46O8. The quantitative estimate of drug-likeness (QED) is 0.164. The summed E-state index contributed by atoms with van der Waals surface area (Å²) < 4.78 is 22.2. The van der Waals surface area contributed by atoms with Gasteiger partial charge < -0.3 is 18.9 Å². The molecule has 214 valence electrons. The van der Waals surface area contributed by atoms with Gasteiger partial charge in [-0.3, -0.25) is 0 Å². The lowest BCUT2D eigenvalue weighted by Gasteiger charge is -2.20. The van der Waals surface area contributed by atoms with E-state index in [-0.39, 0.29) is 22.3 Å². The number of ether oxygens (including phenoxy) is 4. The zero-order valence-corrected chi connectivity index (χ0v) is 24.4. The average Bonchev–Trinajstić information content (AvgIpc) is 2.83. The first-order chi connectivity index (χ1) is 18.0. The Morgan fingerprint density at radius 1 is 0.474 bits per heavy atom. The predicted molar refractivity (Wildman–Crippen MR) is 146 cm³/mol. The SMILES string of the molecule is CCCC(C)OC(=O)c1cc(C(=O)OC(C)CCC)c(C(=O)OC(C)CCC)cc1C(=O)OC(C)CCC. The van der Waals surface area contributed by atoms with Gasteiger partial charge in [0, 0.05) is 0 Å². The number of esters is 4. The molecule has 0 spiro atoms. The van der Waals surface area contributed by atoms with Crippen molar-refractivity contribution in [2.45, 2.75) is 131 Å². The minimum atomic E-state index is -0.782. The number of carbonyl (C=O) groups is 4. The number of hydrogen-bond acceptors (Lipinski definition) is 8. The molecule has 4 unspecified atom stereocenters.